The Morgan fingerprint density at radius 1 is 1.33 bits per heavy atom. The molecular formula is C12H22N2O. The third kappa shape index (κ3) is 2.52. The summed E-state index contributed by atoms with van der Waals surface area (Å²) in [5, 5.41) is 3.16. The highest BCUT2D eigenvalue weighted by molar-refractivity contribution is 5.17. The molecule has 86 valence electrons. The highest BCUT2D eigenvalue weighted by Crippen LogP contribution is 2.13. The number of aromatic nitrogens is 2. The summed E-state index contributed by atoms with van der Waals surface area (Å²) in [7, 11) is 0. The van der Waals surface area contributed by atoms with E-state index in [4.69, 9.17) is 0 Å². The third-order valence-electron chi connectivity index (χ3n) is 2.48. The summed E-state index contributed by atoms with van der Waals surface area (Å²) < 4.78 is 1.72. The molecule has 3 heteroatoms. The van der Waals surface area contributed by atoms with Gasteiger partial charge in [0.2, 0.25) is 0 Å². The van der Waals surface area contributed by atoms with Crippen LogP contribution in [0.4, 0.5) is 0 Å². The van der Waals surface area contributed by atoms with Crippen molar-refractivity contribution >= 4 is 0 Å². The van der Waals surface area contributed by atoms with Crippen LogP contribution in [-0.2, 0) is 12.0 Å². The molecular weight excluding hydrogens is 188 g/mol. The van der Waals surface area contributed by atoms with E-state index in [9.17, 15) is 4.79 Å². The first-order valence-electron chi connectivity index (χ1n) is 5.54. The largest absolute Gasteiger partial charge is 0.299 e. The van der Waals surface area contributed by atoms with Crippen molar-refractivity contribution in [2.45, 2.75) is 53.5 Å². The molecule has 1 aromatic heterocycles. The number of nitrogens with zero attached hydrogens (tertiary/aromatic N) is 1. The fourth-order valence-electron chi connectivity index (χ4n) is 1.70. The summed E-state index contributed by atoms with van der Waals surface area (Å²) in [6, 6.07) is 0. The number of hydrogen-bond acceptors (Lipinski definition) is 1. The fraction of sp³-hybridized carbons (Fsp3) is 0.750. The summed E-state index contributed by atoms with van der Waals surface area (Å²) in [4.78, 5) is 12.1. The van der Waals surface area contributed by atoms with Gasteiger partial charge in [0.05, 0.1) is 5.54 Å². The highest BCUT2D eigenvalue weighted by atomic mass is 16.1. The Balaban J connectivity index is 3.22. The van der Waals surface area contributed by atoms with E-state index < -0.39 is 0 Å². The molecule has 1 heterocycles. The molecule has 0 amide bonds. The number of aryl methyl sites for hydroxylation is 1. The van der Waals surface area contributed by atoms with Gasteiger partial charge in [-0.1, -0.05) is 13.8 Å². The van der Waals surface area contributed by atoms with Crippen molar-refractivity contribution < 1.29 is 0 Å². The Hall–Kier alpha value is -0.990. The smallest absolute Gasteiger partial charge is 0.270 e. The number of H-pyrrole nitrogens is 1. The summed E-state index contributed by atoms with van der Waals surface area (Å²) in [5.74, 6) is 0.514. The minimum absolute atomic E-state index is 0.133. The minimum Gasteiger partial charge on any atom is -0.299 e. The molecule has 0 aliphatic carbocycles. The Morgan fingerprint density at radius 2 is 1.87 bits per heavy atom. The van der Waals surface area contributed by atoms with E-state index in [-0.39, 0.29) is 11.1 Å². The lowest BCUT2D eigenvalue weighted by molar-refractivity contribution is 0.343. The van der Waals surface area contributed by atoms with Gasteiger partial charge in [0, 0.05) is 11.3 Å². The van der Waals surface area contributed by atoms with Crippen LogP contribution in [0.25, 0.3) is 0 Å². The van der Waals surface area contributed by atoms with Crippen molar-refractivity contribution in [1.82, 2.24) is 9.78 Å². The first-order valence-corrected chi connectivity index (χ1v) is 5.54. The first-order chi connectivity index (χ1) is 6.73. The molecule has 0 spiro atoms. The lowest BCUT2D eigenvalue weighted by Crippen LogP contribution is -2.33. The van der Waals surface area contributed by atoms with Gasteiger partial charge in [0.1, 0.15) is 0 Å². The molecule has 0 unspecified atom stereocenters. The van der Waals surface area contributed by atoms with Crippen molar-refractivity contribution in [2.24, 2.45) is 5.92 Å². The number of aromatic amines is 1. The summed E-state index contributed by atoms with van der Waals surface area (Å²) in [6.07, 6.45) is 0.851. The van der Waals surface area contributed by atoms with Crippen LogP contribution < -0.4 is 5.56 Å². The molecule has 1 rings (SSSR count). The van der Waals surface area contributed by atoms with Crippen LogP contribution in [0.2, 0.25) is 0 Å². The molecule has 0 bridgehead atoms. The summed E-state index contributed by atoms with van der Waals surface area (Å²) in [6.45, 7) is 12.3. The number of rotatable bonds is 2. The van der Waals surface area contributed by atoms with Gasteiger partial charge in [-0.15, -0.1) is 0 Å². The molecule has 0 saturated carbocycles. The van der Waals surface area contributed by atoms with Crippen LogP contribution in [0.5, 0.6) is 0 Å². The second-order valence-corrected chi connectivity index (χ2v) is 5.62. The quantitative estimate of drug-likeness (QED) is 0.800. The Kier molecular flexibility index (Phi) is 3.12. The Bertz CT molecular complexity index is 391. The Labute approximate surface area is 91.5 Å². The van der Waals surface area contributed by atoms with E-state index in [1.165, 1.54) is 0 Å². The van der Waals surface area contributed by atoms with Gasteiger partial charge in [0.25, 0.3) is 5.56 Å². The molecule has 0 radical (unpaired) electrons. The molecule has 3 nitrogen and oxygen atoms in total. The summed E-state index contributed by atoms with van der Waals surface area (Å²) in [5.41, 5.74) is 1.90. The molecule has 15 heavy (non-hydrogen) atoms. The molecule has 0 saturated heterocycles. The normalized spacial score (nSPS) is 12.5. The van der Waals surface area contributed by atoms with E-state index in [0.29, 0.717) is 5.92 Å². The lowest BCUT2D eigenvalue weighted by atomic mass is 10.0. The van der Waals surface area contributed by atoms with Crippen LogP contribution in [-0.4, -0.2) is 9.78 Å². The van der Waals surface area contributed by atoms with Gasteiger partial charge in [-0.3, -0.25) is 9.89 Å². The van der Waals surface area contributed by atoms with Crippen LogP contribution >= 0.6 is 0 Å². The molecule has 1 aromatic rings. The molecule has 0 atom stereocenters. The van der Waals surface area contributed by atoms with Crippen molar-refractivity contribution in [1.29, 1.82) is 0 Å². The zero-order valence-corrected chi connectivity index (χ0v) is 10.6. The van der Waals surface area contributed by atoms with Crippen LogP contribution in [0, 0.1) is 12.8 Å². The molecule has 0 aromatic carbocycles. The predicted octanol–water partition coefficient (Wildman–Crippen LogP) is 2.44. The SMILES string of the molecule is Cc1[nH]n(C(C)(C)C)c(=O)c1CC(C)C. The maximum atomic E-state index is 12.1. The maximum Gasteiger partial charge on any atom is 0.270 e. The maximum absolute atomic E-state index is 12.1. The highest BCUT2D eigenvalue weighted by Gasteiger charge is 2.20. The monoisotopic (exact) mass is 210 g/mol. The lowest BCUT2D eigenvalue weighted by Gasteiger charge is -2.19. The van der Waals surface area contributed by atoms with Gasteiger partial charge in [-0.2, -0.15) is 0 Å². The molecule has 0 aliphatic heterocycles. The van der Waals surface area contributed by atoms with E-state index >= 15 is 0 Å². The van der Waals surface area contributed by atoms with Crippen molar-refractivity contribution in [3.63, 3.8) is 0 Å². The zero-order valence-electron chi connectivity index (χ0n) is 10.6. The van der Waals surface area contributed by atoms with Gasteiger partial charge in [-0.25, -0.2) is 4.68 Å². The fourth-order valence-corrected chi connectivity index (χ4v) is 1.70. The standard InChI is InChI=1S/C12H22N2O/c1-8(2)7-10-9(3)13-14(11(10)15)12(4,5)6/h8,13H,7H2,1-6H3. The minimum atomic E-state index is -0.170. The van der Waals surface area contributed by atoms with Crippen LogP contribution in [0.1, 0.15) is 45.9 Å². The predicted molar refractivity (Wildman–Crippen MR) is 63.3 cm³/mol. The average molecular weight is 210 g/mol. The third-order valence-corrected chi connectivity index (χ3v) is 2.48. The first kappa shape index (κ1) is 12.1. The second-order valence-electron chi connectivity index (χ2n) is 5.62. The zero-order chi connectivity index (χ0) is 11.8. The second kappa shape index (κ2) is 3.87. The van der Waals surface area contributed by atoms with Gasteiger partial charge in [-0.05, 0) is 40.0 Å². The van der Waals surface area contributed by atoms with E-state index in [1.54, 1.807) is 4.68 Å². The van der Waals surface area contributed by atoms with E-state index in [0.717, 1.165) is 17.7 Å². The molecule has 0 aliphatic rings. The van der Waals surface area contributed by atoms with Crippen molar-refractivity contribution in [3.8, 4) is 0 Å². The number of hydrogen-bond donors (Lipinski definition) is 1. The number of nitrogens with one attached hydrogen (secondary N) is 1. The summed E-state index contributed by atoms with van der Waals surface area (Å²) >= 11 is 0. The van der Waals surface area contributed by atoms with Gasteiger partial charge >= 0.3 is 0 Å². The Morgan fingerprint density at radius 3 is 2.20 bits per heavy atom. The van der Waals surface area contributed by atoms with E-state index in [2.05, 4.69) is 18.9 Å². The van der Waals surface area contributed by atoms with Crippen molar-refractivity contribution in [3.05, 3.63) is 21.6 Å². The van der Waals surface area contributed by atoms with Gasteiger partial charge in [0.15, 0.2) is 0 Å². The molecule has 0 fully saturated rings. The molecule has 1 N–H and O–H groups in total. The van der Waals surface area contributed by atoms with Crippen LogP contribution in [0.3, 0.4) is 0 Å². The van der Waals surface area contributed by atoms with Gasteiger partial charge < -0.3 is 0 Å². The average Bonchev–Trinajstić information content (AvgIpc) is 2.30. The van der Waals surface area contributed by atoms with Crippen molar-refractivity contribution in [2.75, 3.05) is 0 Å². The van der Waals surface area contributed by atoms with E-state index in [1.807, 2.05) is 27.7 Å². The van der Waals surface area contributed by atoms with Crippen LogP contribution in [0.15, 0.2) is 4.79 Å². The topological polar surface area (TPSA) is 37.8 Å².